The van der Waals surface area contributed by atoms with E-state index in [4.69, 9.17) is 11.6 Å². The van der Waals surface area contributed by atoms with Crippen molar-refractivity contribution in [1.82, 2.24) is 10.2 Å². The number of nitrogens with one attached hydrogen (secondary N) is 1. The Hall–Kier alpha value is -0.880. The standard InChI is InChI=1S/C15H16BrClN2OS/c1-19(2)13(14-4-3-7-21-14)9-18-15(20)10-5-6-11(16)12(17)8-10/h3-8,13H,9H2,1-2H3,(H,18,20). The van der Waals surface area contributed by atoms with Crippen LogP contribution >= 0.6 is 38.9 Å². The summed E-state index contributed by atoms with van der Waals surface area (Å²) in [7, 11) is 4.01. The van der Waals surface area contributed by atoms with Gasteiger partial charge in [0.1, 0.15) is 0 Å². The van der Waals surface area contributed by atoms with Crippen LogP contribution < -0.4 is 5.32 Å². The fourth-order valence-electron chi connectivity index (χ4n) is 1.95. The van der Waals surface area contributed by atoms with Crippen molar-refractivity contribution in [2.24, 2.45) is 0 Å². The number of thiophene rings is 1. The van der Waals surface area contributed by atoms with E-state index in [2.05, 4.69) is 32.2 Å². The summed E-state index contributed by atoms with van der Waals surface area (Å²) in [6.07, 6.45) is 0. The normalized spacial score (nSPS) is 12.4. The van der Waals surface area contributed by atoms with Crippen LogP contribution in [-0.4, -0.2) is 31.4 Å². The maximum Gasteiger partial charge on any atom is 0.251 e. The molecule has 1 aromatic heterocycles. The largest absolute Gasteiger partial charge is 0.350 e. The Labute approximate surface area is 142 Å². The van der Waals surface area contributed by atoms with Crippen LogP contribution in [0.3, 0.4) is 0 Å². The second kappa shape index (κ2) is 7.40. The lowest BCUT2D eigenvalue weighted by Crippen LogP contribution is -2.34. The molecule has 0 saturated heterocycles. The van der Waals surface area contributed by atoms with E-state index in [1.165, 1.54) is 4.88 Å². The number of hydrogen-bond donors (Lipinski definition) is 1. The molecule has 0 radical (unpaired) electrons. The molecule has 21 heavy (non-hydrogen) atoms. The number of rotatable bonds is 5. The smallest absolute Gasteiger partial charge is 0.251 e. The Kier molecular flexibility index (Phi) is 5.81. The summed E-state index contributed by atoms with van der Waals surface area (Å²) < 4.78 is 0.783. The summed E-state index contributed by atoms with van der Waals surface area (Å²) in [4.78, 5) is 15.5. The highest BCUT2D eigenvalue weighted by atomic mass is 79.9. The number of benzene rings is 1. The van der Waals surface area contributed by atoms with Gasteiger partial charge < -0.3 is 10.2 Å². The quantitative estimate of drug-likeness (QED) is 0.834. The average Bonchev–Trinajstić information content (AvgIpc) is 2.95. The molecule has 112 valence electrons. The Morgan fingerprint density at radius 1 is 1.43 bits per heavy atom. The third-order valence-electron chi connectivity index (χ3n) is 3.13. The van der Waals surface area contributed by atoms with Gasteiger partial charge in [-0.1, -0.05) is 17.7 Å². The summed E-state index contributed by atoms with van der Waals surface area (Å²) in [5, 5.41) is 5.54. The van der Waals surface area contributed by atoms with Crippen molar-refractivity contribution >= 4 is 44.8 Å². The minimum absolute atomic E-state index is 0.118. The van der Waals surface area contributed by atoms with Crippen molar-refractivity contribution in [2.45, 2.75) is 6.04 Å². The van der Waals surface area contributed by atoms with Crippen molar-refractivity contribution in [1.29, 1.82) is 0 Å². The number of hydrogen-bond acceptors (Lipinski definition) is 3. The van der Waals surface area contributed by atoms with E-state index in [-0.39, 0.29) is 11.9 Å². The molecule has 0 saturated carbocycles. The molecule has 3 nitrogen and oxygen atoms in total. The molecule has 2 rings (SSSR count). The van der Waals surface area contributed by atoms with Crippen LogP contribution in [0.2, 0.25) is 5.02 Å². The van der Waals surface area contributed by atoms with E-state index in [0.717, 1.165) is 4.47 Å². The molecule has 0 spiro atoms. The molecule has 1 unspecified atom stereocenters. The van der Waals surface area contributed by atoms with Crippen LogP contribution in [0.5, 0.6) is 0 Å². The Morgan fingerprint density at radius 2 is 2.19 bits per heavy atom. The third-order valence-corrected chi connectivity index (χ3v) is 5.34. The lowest BCUT2D eigenvalue weighted by molar-refractivity contribution is 0.0942. The first kappa shape index (κ1) is 16.5. The summed E-state index contributed by atoms with van der Waals surface area (Å²) in [5.74, 6) is -0.118. The molecule has 1 heterocycles. The second-order valence-corrected chi connectivity index (χ2v) is 7.07. The van der Waals surface area contributed by atoms with Gasteiger partial charge in [0, 0.05) is 21.5 Å². The Bertz CT molecular complexity index is 616. The summed E-state index contributed by atoms with van der Waals surface area (Å²) >= 11 is 11.0. The van der Waals surface area contributed by atoms with Gasteiger partial charge in [-0.3, -0.25) is 4.79 Å². The maximum atomic E-state index is 12.2. The van der Waals surface area contributed by atoms with Gasteiger partial charge in [0.15, 0.2) is 0 Å². The van der Waals surface area contributed by atoms with Gasteiger partial charge in [-0.25, -0.2) is 0 Å². The minimum atomic E-state index is -0.118. The molecule has 0 bridgehead atoms. The molecule has 0 aliphatic carbocycles. The van der Waals surface area contributed by atoms with Gasteiger partial charge in [0.2, 0.25) is 0 Å². The minimum Gasteiger partial charge on any atom is -0.350 e. The fraction of sp³-hybridized carbons (Fsp3) is 0.267. The zero-order chi connectivity index (χ0) is 15.4. The van der Waals surface area contributed by atoms with E-state index in [1.807, 2.05) is 25.5 Å². The van der Waals surface area contributed by atoms with Crippen molar-refractivity contribution in [3.8, 4) is 0 Å². The number of nitrogens with zero attached hydrogens (tertiary/aromatic N) is 1. The lowest BCUT2D eigenvalue weighted by atomic mass is 10.2. The van der Waals surface area contributed by atoms with Crippen molar-refractivity contribution in [3.63, 3.8) is 0 Å². The number of carbonyl (C=O) groups excluding carboxylic acids is 1. The van der Waals surface area contributed by atoms with Crippen LogP contribution in [0, 0.1) is 0 Å². The number of likely N-dealkylation sites (N-methyl/N-ethyl adjacent to an activating group) is 1. The van der Waals surface area contributed by atoms with Crippen molar-refractivity contribution in [3.05, 3.63) is 55.6 Å². The van der Waals surface area contributed by atoms with Crippen LogP contribution in [0.25, 0.3) is 0 Å². The summed E-state index contributed by atoms with van der Waals surface area (Å²) in [6, 6.07) is 9.46. The topological polar surface area (TPSA) is 32.3 Å². The molecule has 1 aromatic carbocycles. The predicted molar refractivity (Wildman–Crippen MR) is 92.2 cm³/mol. The molecule has 2 aromatic rings. The first-order chi connectivity index (χ1) is 9.99. The third kappa shape index (κ3) is 4.30. The fourth-order valence-corrected chi connectivity index (χ4v) is 3.30. The first-order valence-corrected chi connectivity index (χ1v) is 8.47. The zero-order valence-electron chi connectivity index (χ0n) is 11.8. The number of halogens is 2. The van der Waals surface area contributed by atoms with E-state index < -0.39 is 0 Å². The Morgan fingerprint density at radius 3 is 2.76 bits per heavy atom. The molecule has 0 fully saturated rings. The number of amides is 1. The highest BCUT2D eigenvalue weighted by molar-refractivity contribution is 9.10. The van der Waals surface area contributed by atoms with E-state index in [0.29, 0.717) is 17.1 Å². The molecular weight excluding hydrogens is 372 g/mol. The van der Waals surface area contributed by atoms with Crippen LogP contribution in [0.15, 0.2) is 40.2 Å². The monoisotopic (exact) mass is 386 g/mol. The van der Waals surface area contributed by atoms with Crippen LogP contribution in [0.1, 0.15) is 21.3 Å². The van der Waals surface area contributed by atoms with Gasteiger partial charge in [0.25, 0.3) is 5.91 Å². The highest BCUT2D eigenvalue weighted by Gasteiger charge is 2.17. The second-order valence-electron chi connectivity index (χ2n) is 4.83. The zero-order valence-corrected chi connectivity index (χ0v) is 14.9. The van der Waals surface area contributed by atoms with Gasteiger partial charge in [-0.2, -0.15) is 0 Å². The van der Waals surface area contributed by atoms with E-state index >= 15 is 0 Å². The van der Waals surface area contributed by atoms with Gasteiger partial charge in [0.05, 0.1) is 11.1 Å². The molecule has 0 aliphatic rings. The highest BCUT2D eigenvalue weighted by Crippen LogP contribution is 2.24. The summed E-state index contributed by atoms with van der Waals surface area (Å²) in [5.41, 5.74) is 0.562. The average molecular weight is 388 g/mol. The predicted octanol–water partition coefficient (Wildman–Crippen LogP) is 4.20. The maximum absolute atomic E-state index is 12.2. The lowest BCUT2D eigenvalue weighted by Gasteiger charge is -2.23. The molecule has 1 amide bonds. The van der Waals surface area contributed by atoms with Gasteiger partial charge >= 0.3 is 0 Å². The van der Waals surface area contributed by atoms with Gasteiger partial charge in [-0.05, 0) is 59.7 Å². The Balaban J connectivity index is 2.03. The molecule has 0 aliphatic heterocycles. The van der Waals surface area contributed by atoms with Crippen LogP contribution in [-0.2, 0) is 0 Å². The number of carbonyl (C=O) groups is 1. The SMILES string of the molecule is CN(C)C(CNC(=O)c1ccc(Br)c(Cl)c1)c1cccs1. The van der Waals surface area contributed by atoms with Crippen molar-refractivity contribution in [2.75, 3.05) is 20.6 Å². The molecule has 1 N–H and O–H groups in total. The van der Waals surface area contributed by atoms with E-state index in [1.54, 1.807) is 29.5 Å². The van der Waals surface area contributed by atoms with Gasteiger partial charge in [-0.15, -0.1) is 11.3 Å². The molecule has 6 heteroatoms. The van der Waals surface area contributed by atoms with Crippen molar-refractivity contribution < 1.29 is 4.79 Å². The summed E-state index contributed by atoms with van der Waals surface area (Å²) in [6.45, 7) is 0.556. The molecule has 1 atom stereocenters. The molecular formula is C15H16BrClN2OS. The van der Waals surface area contributed by atoms with Crippen LogP contribution in [0.4, 0.5) is 0 Å². The van der Waals surface area contributed by atoms with E-state index in [9.17, 15) is 4.79 Å². The first-order valence-electron chi connectivity index (χ1n) is 6.42.